The summed E-state index contributed by atoms with van der Waals surface area (Å²) in [5, 5.41) is 9.22. The molecule has 4 aromatic rings. The van der Waals surface area contributed by atoms with Gasteiger partial charge in [-0.25, -0.2) is 0 Å². The Kier molecular flexibility index (Phi) is 7.57. The van der Waals surface area contributed by atoms with Crippen LogP contribution in [0.25, 0.3) is 0 Å². The molecule has 1 saturated heterocycles. The van der Waals surface area contributed by atoms with Gasteiger partial charge in [-0.1, -0.05) is 47.6 Å². The van der Waals surface area contributed by atoms with Gasteiger partial charge in [-0.05, 0) is 79.3 Å². The van der Waals surface area contributed by atoms with Gasteiger partial charge in [-0.3, -0.25) is 4.98 Å². The van der Waals surface area contributed by atoms with E-state index in [0.717, 1.165) is 51.7 Å². The Labute approximate surface area is 219 Å². The first kappa shape index (κ1) is 23.7. The number of thiocarbonyl (C=S) groups is 1. The van der Waals surface area contributed by atoms with Crippen molar-refractivity contribution < 1.29 is 4.42 Å². The molecule has 1 aliphatic heterocycles. The lowest BCUT2D eigenvalue weighted by atomic mass is 10.0. The van der Waals surface area contributed by atoms with E-state index in [2.05, 4.69) is 32.7 Å². The molecule has 0 bridgehead atoms. The fraction of sp³-hybridized carbons (Fsp3) is 0.185. The van der Waals surface area contributed by atoms with Crippen molar-refractivity contribution in [3.05, 3.63) is 108 Å². The number of hydrogen-bond acceptors (Lipinski definition) is 5. The Morgan fingerprint density at radius 3 is 2.57 bits per heavy atom. The van der Waals surface area contributed by atoms with Gasteiger partial charge in [0.05, 0.1) is 11.7 Å². The summed E-state index contributed by atoms with van der Waals surface area (Å²) < 4.78 is 6.35. The van der Waals surface area contributed by atoms with E-state index in [9.17, 15) is 0 Å². The quantitative estimate of drug-likeness (QED) is 0.183. The number of nitrogens with one attached hydrogen (secondary N) is 2. The molecule has 1 aliphatic rings. The van der Waals surface area contributed by atoms with Crippen molar-refractivity contribution in [2.24, 2.45) is 0 Å². The number of benzene rings is 2. The fourth-order valence-corrected chi connectivity index (χ4v) is 5.40. The van der Waals surface area contributed by atoms with Crippen LogP contribution in [0, 0.1) is 0 Å². The first-order chi connectivity index (χ1) is 17.2. The minimum atomic E-state index is -0.0923. The first-order valence-corrected chi connectivity index (χ1v) is 13.1. The highest BCUT2D eigenvalue weighted by Crippen LogP contribution is 2.41. The Morgan fingerprint density at radius 2 is 1.80 bits per heavy atom. The monoisotopic (exact) mass is 520 g/mol. The molecule has 35 heavy (non-hydrogen) atoms. The summed E-state index contributed by atoms with van der Waals surface area (Å²) in [5.41, 5.74) is 2.06. The Bertz CT molecular complexity index is 1250. The summed E-state index contributed by atoms with van der Waals surface area (Å²) in [7, 11) is 0. The van der Waals surface area contributed by atoms with Crippen LogP contribution in [0.3, 0.4) is 0 Å². The molecule has 0 spiro atoms. The SMILES string of the molecule is S=C1N[C@H](c2ccccn2)[C@H](c2ccc(Sc3ccc(Cl)cc3)o2)N1CCCNc1ccccc1. The van der Waals surface area contributed by atoms with Crippen LogP contribution in [0.1, 0.15) is 30.0 Å². The van der Waals surface area contributed by atoms with Crippen molar-refractivity contribution in [3.8, 4) is 0 Å². The number of aromatic nitrogens is 1. The molecule has 0 aliphatic carbocycles. The van der Waals surface area contributed by atoms with Gasteiger partial charge in [-0.2, -0.15) is 0 Å². The van der Waals surface area contributed by atoms with Crippen LogP contribution < -0.4 is 10.6 Å². The smallest absolute Gasteiger partial charge is 0.170 e. The molecule has 2 atom stereocenters. The average molecular weight is 521 g/mol. The van der Waals surface area contributed by atoms with Crippen LogP contribution in [-0.2, 0) is 0 Å². The van der Waals surface area contributed by atoms with Crippen molar-refractivity contribution in [3.63, 3.8) is 0 Å². The predicted molar refractivity (Wildman–Crippen MR) is 146 cm³/mol. The third-order valence-corrected chi connectivity index (χ3v) is 7.33. The molecule has 2 aromatic heterocycles. The second-order valence-corrected chi connectivity index (χ2v) is 10.1. The number of hydrogen-bond donors (Lipinski definition) is 2. The Balaban J connectivity index is 1.33. The summed E-state index contributed by atoms with van der Waals surface area (Å²) in [6.45, 7) is 1.64. The topological polar surface area (TPSA) is 53.3 Å². The lowest BCUT2D eigenvalue weighted by Crippen LogP contribution is -2.31. The van der Waals surface area contributed by atoms with Crippen LogP contribution in [0.4, 0.5) is 5.69 Å². The maximum atomic E-state index is 6.35. The van der Waals surface area contributed by atoms with E-state index in [1.54, 1.807) is 11.8 Å². The van der Waals surface area contributed by atoms with Gasteiger partial charge in [0.25, 0.3) is 0 Å². The number of para-hydroxylation sites is 1. The number of rotatable bonds is 9. The molecular weight excluding hydrogens is 496 g/mol. The van der Waals surface area contributed by atoms with Crippen LogP contribution in [0.15, 0.2) is 106 Å². The minimum absolute atomic E-state index is 0.0892. The van der Waals surface area contributed by atoms with Gasteiger partial charge in [-0.15, -0.1) is 0 Å². The average Bonchev–Trinajstić information content (AvgIpc) is 3.48. The van der Waals surface area contributed by atoms with E-state index in [0.29, 0.717) is 5.11 Å². The summed E-state index contributed by atoms with van der Waals surface area (Å²) in [6.07, 6.45) is 2.74. The molecule has 2 aromatic carbocycles. The van der Waals surface area contributed by atoms with Crippen LogP contribution in [-0.4, -0.2) is 28.1 Å². The van der Waals surface area contributed by atoms with Crippen LogP contribution >= 0.6 is 35.6 Å². The maximum absolute atomic E-state index is 6.35. The maximum Gasteiger partial charge on any atom is 0.170 e. The van der Waals surface area contributed by atoms with E-state index in [4.69, 9.17) is 28.2 Å². The molecule has 2 N–H and O–H groups in total. The van der Waals surface area contributed by atoms with E-state index >= 15 is 0 Å². The molecule has 0 radical (unpaired) electrons. The summed E-state index contributed by atoms with van der Waals surface area (Å²) in [4.78, 5) is 7.89. The molecule has 3 heterocycles. The number of furan rings is 1. The zero-order valence-electron chi connectivity index (χ0n) is 18.9. The van der Waals surface area contributed by atoms with Crippen molar-refractivity contribution in [1.82, 2.24) is 15.2 Å². The predicted octanol–water partition coefficient (Wildman–Crippen LogP) is 6.95. The Hall–Kier alpha value is -3.00. The highest BCUT2D eigenvalue weighted by Gasteiger charge is 2.41. The van der Waals surface area contributed by atoms with Gasteiger partial charge in [0, 0.05) is 34.9 Å². The standard InChI is InChI=1S/C27H25ClN4OS2/c28-19-10-12-21(13-11-19)35-24-15-14-23(33-24)26-25(22-9-4-5-16-30-22)31-27(34)32(26)18-6-17-29-20-7-2-1-3-8-20/h1-5,7-16,25-26,29H,6,17-18H2,(H,31,34)/t25-,26+/m1/s1. The van der Waals surface area contributed by atoms with Gasteiger partial charge in [0.15, 0.2) is 10.2 Å². The molecule has 178 valence electrons. The van der Waals surface area contributed by atoms with Gasteiger partial charge < -0.3 is 20.0 Å². The van der Waals surface area contributed by atoms with Crippen molar-refractivity contribution in [2.75, 3.05) is 18.4 Å². The van der Waals surface area contributed by atoms with Crippen molar-refractivity contribution >= 4 is 46.4 Å². The second-order valence-electron chi connectivity index (χ2n) is 8.18. The lowest BCUT2D eigenvalue weighted by Gasteiger charge is -2.26. The zero-order chi connectivity index (χ0) is 24.0. The molecule has 1 fully saturated rings. The summed E-state index contributed by atoms with van der Waals surface area (Å²) in [5.74, 6) is 0.862. The van der Waals surface area contributed by atoms with Gasteiger partial charge in [0.2, 0.25) is 0 Å². The third-order valence-electron chi connectivity index (χ3n) is 5.80. The van der Waals surface area contributed by atoms with Gasteiger partial charge >= 0.3 is 0 Å². The van der Waals surface area contributed by atoms with E-state index < -0.39 is 0 Å². The highest BCUT2D eigenvalue weighted by molar-refractivity contribution is 7.99. The van der Waals surface area contributed by atoms with Crippen LogP contribution in [0.2, 0.25) is 5.02 Å². The fourth-order valence-electron chi connectivity index (χ4n) is 4.16. The molecule has 0 amide bonds. The van der Waals surface area contributed by atoms with E-state index in [1.165, 1.54) is 0 Å². The highest BCUT2D eigenvalue weighted by atomic mass is 35.5. The summed E-state index contributed by atoms with van der Waals surface area (Å²) in [6, 6.07) is 27.8. The number of anilines is 1. The minimum Gasteiger partial charge on any atom is -0.452 e. The van der Waals surface area contributed by atoms with E-state index in [1.807, 2.05) is 79.0 Å². The first-order valence-electron chi connectivity index (χ1n) is 11.5. The molecular formula is C27H25ClN4OS2. The normalized spacial score (nSPS) is 17.4. The van der Waals surface area contributed by atoms with Gasteiger partial charge in [0.1, 0.15) is 11.8 Å². The van der Waals surface area contributed by atoms with Crippen molar-refractivity contribution in [1.29, 1.82) is 0 Å². The number of nitrogens with zero attached hydrogens (tertiary/aromatic N) is 2. The third kappa shape index (κ3) is 5.81. The van der Waals surface area contributed by atoms with E-state index in [-0.39, 0.29) is 12.1 Å². The lowest BCUT2D eigenvalue weighted by molar-refractivity contribution is 0.259. The van der Waals surface area contributed by atoms with Crippen molar-refractivity contribution in [2.45, 2.75) is 28.5 Å². The molecule has 0 saturated carbocycles. The zero-order valence-corrected chi connectivity index (χ0v) is 21.3. The van der Waals surface area contributed by atoms with Crippen LogP contribution in [0.5, 0.6) is 0 Å². The number of halogens is 1. The molecule has 8 heteroatoms. The second kappa shape index (κ2) is 11.2. The molecule has 5 rings (SSSR count). The molecule has 0 unspecified atom stereocenters. The largest absolute Gasteiger partial charge is 0.452 e. The number of pyridine rings is 1. The summed E-state index contributed by atoms with van der Waals surface area (Å²) >= 11 is 13.4. The molecule has 5 nitrogen and oxygen atoms in total. The Morgan fingerprint density at radius 1 is 1.00 bits per heavy atom.